The van der Waals surface area contributed by atoms with E-state index in [1.165, 1.54) is 44.8 Å². The molecule has 9 rings (SSSR count). The summed E-state index contributed by atoms with van der Waals surface area (Å²) in [6.07, 6.45) is 2.54. The van der Waals surface area contributed by atoms with Crippen LogP contribution in [0.2, 0.25) is 0 Å². The van der Waals surface area contributed by atoms with Gasteiger partial charge in [-0.1, -0.05) is 118 Å². The van der Waals surface area contributed by atoms with Crippen molar-refractivity contribution >= 4 is 34.4 Å². The average molecular weight is 768 g/mol. The quantitative estimate of drug-likeness (QED) is 0.176. The first-order chi connectivity index (χ1) is 27.8. The zero-order valence-electron chi connectivity index (χ0n) is 34.7. The molecule has 0 heterocycles. The highest BCUT2D eigenvalue weighted by Gasteiger charge is 2.31. The van der Waals surface area contributed by atoms with Gasteiger partial charge in [0.25, 0.3) is 0 Å². The summed E-state index contributed by atoms with van der Waals surface area (Å²) >= 11 is 0. The van der Waals surface area contributed by atoms with E-state index in [0.717, 1.165) is 58.3 Å². The zero-order valence-corrected chi connectivity index (χ0v) is 34.7. The third-order valence-corrected chi connectivity index (χ3v) is 11.8. The van der Waals surface area contributed by atoms with Crippen LogP contribution in [0.4, 0.5) is 17.1 Å². The topological polar surface area (TPSA) is 83.7 Å². The molecule has 6 nitrogen and oxygen atoms in total. The number of anilines is 3. The summed E-state index contributed by atoms with van der Waals surface area (Å²) in [7, 11) is 8.16. The monoisotopic (exact) mass is 767 g/mol. The predicted octanol–water partition coefficient (Wildman–Crippen LogP) is 10.9. The van der Waals surface area contributed by atoms with Crippen molar-refractivity contribution in [1.29, 1.82) is 0 Å². The number of para-hydroxylation sites is 1. The number of nitrogen functional groups attached to an aromatic ring is 1. The van der Waals surface area contributed by atoms with E-state index in [2.05, 4.69) is 76.5 Å². The van der Waals surface area contributed by atoms with Crippen LogP contribution < -0.4 is 15.5 Å². The number of carbonyl (C=O) groups excluding carboxylic acids is 3. The van der Waals surface area contributed by atoms with E-state index in [1.54, 1.807) is 0 Å². The minimum atomic E-state index is 0.0890. The lowest BCUT2D eigenvalue weighted by atomic mass is 9.95. The van der Waals surface area contributed by atoms with E-state index in [-0.39, 0.29) is 35.1 Å². The minimum absolute atomic E-state index is 0.0890. The molecular formula is C52H53N3O3. The van der Waals surface area contributed by atoms with E-state index in [1.807, 2.05) is 110 Å². The van der Waals surface area contributed by atoms with Gasteiger partial charge in [-0.05, 0) is 94.1 Å². The first-order valence-electron chi connectivity index (χ1n) is 20.2. The number of ketones is 3. The summed E-state index contributed by atoms with van der Waals surface area (Å²) in [5.74, 6) is 1.14. The van der Waals surface area contributed by atoms with Gasteiger partial charge in [0.15, 0.2) is 17.3 Å². The van der Waals surface area contributed by atoms with Gasteiger partial charge in [0.2, 0.25) is 0 Å². The zero-order chi connectivity index (χ0) is 41.2. The SMILES string of the molecule is CC1Cc2c(cccc2-c2ccc(N(C)C)cc2)C1=O.CC1Cc2c(cccc2-c2cccc(N(C)C)c2)C1=O.CC1Cc2c(cccc2-c2ccccc2N)C1=O. The van der Waals surface area contributed by atoms with Crippen molar-refractivity contribution in [2.75, 3.05) is 43.7 Å². The van der Waals surface area contributed by atoms with E-state index in [9.17, 15) is 14.4 Å². The maximum absolute atomic E-state index is 12.1. The summed E-state index contributed by atoms with van der Waals surface area (Å²) in [5.41, 5.74) is 22.3. The van der Waals surface area contributed by atoms with Gasteiger partial charge in [-0.25, -0.2) is 0 Å². The predicted molar refractivity (Wildman–Crippen MR) is 240 cm³/mol. The smallest absolute Gasteiger partial charge is 0.166 e. The summed E-state index contributed by atoms with van der Waals surface area (Å²) in [6, 6.07) is 42.9. The molecule has 0 amide bonds. The number of hydrogen-bond acceptors (Lipinski definition) is 6. The second-order valence-corrected chi connectivity index (χ2v) is 16.4. The third-order valence-electron chi connectivity index (χ3n) is 11.8. The molecule has 0 aliphatic heterocycles. The van der Waals surface area contributed by atoms with Gasteiger partial charge in [-0.3, -0.25) is 14.4 Å². The van der Waals surface area contributed by atoms with Crippen LogP contribution in [0, 0.1) is 17.8 Å². The van der Waals surface area contributed by atoms with Crippen molar-refractivity contribution in [3.63, 3.8) is 0 Å². The number of nitrogens with zero attached hydrogens (tertiary/aromatic N) is 2. The maximum Gasteiger partial charge on any atom is 0.166 e. The van der Waals surface area contributed by atoms with Crippen molar-refractivity contribution in [3.8, 4) is 33.4 Å². The van der Waals surface area contributed by atoms with Crippen molar-refractivity contribution in [2.24, 2.45) is 17.8 Å². The van der Waals surface area contributed by atoms with Crippen molar-refractivity contribution in [3.05, 3.63) is 161 Å². The van der Waals surface area contributed by atoms with E-state index in [4.69, 9.17) is 5.73 Å². The molecule has 0 spiro atoms. The van der Waals surface area contributed by atoms with Crippen LogP contribution in [0.3, 0.4) is 0 Å². The Hall–Kier alpha value is -6.27. The molecule has 0 saturated carbocycles. The molecule has 3 aliphatic carbocycles. The normalized spacial score (nSPS) is 17.4. The van der Waals surface area contributed by atoms with Crippen LogP contribution in [0.25, 0.3) is 33.4 Å². The van der Waals surface area contributed by atoms with Crippen molar-refractivity contribution in [2.45, 2.75) is 40.0 Å². The number of carbonyl (C=O) groups is 3. The summed E-state index contributed by atoms with van der Waals surface area (Å²) in [6.45, 7) is 6.02. The van der Waals surface area contributed by atoms with Crippen molar-refractivity contribution in [1.82, 2.24) is 0 Å². The van der Waals surface area contributed by atoms with Gasteiger partial charge in [0, 0.05) is 85.3 Å². The van der Waals surface area contributed by atoms with E-state index in [0.29, 0.717) is 0 Å². The molecule has 6 heteroatoms. The standard InChI is InChI=1S/2C18H19NO.C16H15NO/c1-12-10-17-15(8-5-9-16(17)18(12)20)13-6-4-7-14(11-13)19(2)3;1-12-11-17-15(5-4-6-16(17)18(12)20)13-7-9-14(10-8-13)19(2)3;1-10-9-14-11(6-4-7-13(14)16(10)18)12-5-2-3-8-15(12)17/h4-9,11-12H,10H2,1-3H3;4-10,12H,11H2,1-3H3;2-8,10H,9,17H2,1H3. The Morgan fingerprint density at radius 1 is 0.414 bits per heavy atom. The summed E-state index contributed by atoms with van der Waals surface area (Å²) in [5, 5.41) is 0. The van der Waals surface area contributed by atoms with Crippen LogP contribution in [0.1, 0.15) is 68.5 Å². The van der Waals surface area contributed by atoms with Crippen LogP contribution in [0.5, 0.6) is 0 Å². The molecule has 6 aromatic carbocycles. The molecule has 3 atom stereocenters. The molecule has 0 fully saturated rings. The molecule has 3 aliphatic rings. The number of hydrogen-bond donors (Lipinski definition) is 1. The number of Topliss-reactive ketones (excluding diaryl/α,β-unsaturated/α-hetero) is 3. The molecule has 2 N–H and O–H groups in total. The molecule has 0 saturated heterocycles. The number of rotatable bonds is 5. The first-order valence-corrected chi connectivity index (χ1v) is 20.2. The second-order valence-electron chi connectivity index (χ2n) is 16.4. The molecular weight excluding hydrogens is 715 g/mol. The van der Waals surface area contributed by atoms with Crippen LogP contribution in [-0.4, -0.2) is 45.5 Å². The third kappa shape index (κ3) is 7.84. The minimum Gasteiger partial charge on any atom is -0.398 e. The van der Waals surface area contributed by atoms with Crippen LogP contribution in [-0.2, 0) is 19.3 Å². The lowest BCUT2D eigenvalue weighted by Crippen LogP contribution is -2.08. The number of nitrogens with two attached hydrogens (primary N) is 1. The lowest BCUT2D eigenvalue weighted by molar-refractivity contribution is 0.0939. The van der Waals surface area contributed by atoms with Crippen LogP contribution >= 0.6 is 0 Å². The first kappa shape index (κ1) is 39.9. The molecule has 3 unspecified atom stereocenters. The Labute approximate surface area is 343 Å². The fourth-order valence-corrected chi connectivity index (χ4v) is 8.53. The Bertz CT molecular complexity index is 2520. The highest BCUT2D eigenvalue weighted by Crippen LogP contribution is 2.38. The van der Waals surface area contributed by atoms with Crippen molar-refractivity contribution < 1.29 is 14.4 Å². The average Bonchev–Trinajstić information content (AvgIpc) is 3.82. The molecule has 0 radical (unpaired) electrons. The van der Waals surface area contributed by atoms with E-state index < -0.39 is 0 Å². The van der Waals surface area contributed by atoms with Gasteiger partial charge >= 0.3 is 0 Å². The maximum atomic E-state index is 12.1. The van der Waals surface area contributed by atoms with E-state index >= 15 is 0 Å². The van der Waals surface area contributed by atoms with Gasteiger partial charge in [0.1, 0.15) is 0 Å². The number of benzene rings is 6. The van der Waals surface area contributed by atoms with Gasteiger partial charge in [-0.2, -0.15) is 0 Å². The Morgan fingerprint density at radius 3 is 1.29 bits per heavy atom. The Kier molecular flexibility index (Phi) is 11.5. The molecule has 0 bridgehead atoms. The number of fused-ring (bicyclic) bond motifs is 3. The summed E-state index contributed by atoms with van der Waals surface area (Å²) in [4.78, 5) is 40.5. The molecule has 294 valence electrons. The van der Waals surface area contributed by atoms with Gasteiger partial charge < -0.3 is 15.5 Å². The largest absolute Gasteiger partial charge is 0.398 e. The Morgan fingerprint density at radius 2 is 0.810 bits per heavy atom. The second kappa shape index (κ2) is 16.7. The highest BCUT2D eigenvalue weighted by atomic mass is 16.1. The molecule has 58 heavy (non-hydrogen) atoms. The van der Waals surface area contributed by atoms with Crippen LogP contribution in [0.15, 0.2) is 127 Å². The Balaban J connectivity index is 0.000000133. The highest BCUT2D eigenvalue weighted by molar-refractivity contribution is 6.05. The molecule has 0 aromatic heterocycles. The van der Waals surface area contributed by atoms with Gasteiger partial charge in [0.05, 0.1) is 0 Å². The fraction of sp³-hybridized carbons (Fsp3) is 0.250. The lowest BCUT2D eigenvalue weighted by Gasteiger charge is -2.15. The molecule has 6 aromatic rings. The summed E-state index contributed by atoms with van der Waals surface area (Å²) < 4.78 is 0. The van der Waals surface area contributed by atoms with Gasteiger partial charge in [-0.15, -0.1) is 0 Å². The fourth-order valence-electron chi connectivity index (χ4n) is 8.53.